The number of carbonyl (C=O) groups excluding carboxylic acids is 1. The van der Waals surface area contributed by atoms with Gasteiger partial charge >= 0.3 is 0 Å². The van der Waals surface area contributed by atoms with E-state index in [1.807, 2.05) is 39.0 Å². The maximum atomic E-state index is 12.6. The Hall–Kier alpha value is -2.03. The number of nitrogens with one attached hydrogen (secondary N) is 1. The first-order valence-electron chi connectivity index (χ1n) is 7.39. The Labute approximate surface area is 127 Å². The van der Waals surface area contributed by atoms with Crippen LogP contribution in [0.2, 0.25) is 0 Å². The van der Waals surface area contributed by atoms with E-state index in [-0.39, 0.29) is 5.91 Å². The monoisotopic (exact) mass is 284 g/mol. The largest absolute Gasteiger partial charge is 0.346 e. The molecule has 0 saturated carbocycles. The average Bonchev–Trinajstić information content (AvgIpc) is 2.70. The van der Waals surface area contributed by atoms with Crippen LogP contribution in [0.15, 0.2) is 24.3 Å². The van der Waals surface area contributed by atoms with Crippen molar-refractivity contribution in [3.05, 3.63) is 52.3 Å². The highest BCUT2D eigenvalue weighted by molar-refractivity contribution is 6.05. The van der Waals surface area contributed by atoms with Crippen molar-refractivity contribution in [3.63, 3.8) is 0 Å². The minimum atomic E-state index is -0.0382. The number of rotatable bonds is 3. The van der Waals surface area contributed by atoms with Crippen LogP contribution in [0.1, 0.15) is 52.8 Å². The second-order valence-corrected chi connectivity index (χ2v) is 5.95. The van der Waals surface area contributed by atoms with E-state index in [1.54, 1.807) is 0 Å². The fourth-order valence-corrected chi connectivity index (χ4v) is 2.88. The molecule has 0 saturated heterocycles. The van der Waals surface area contributed by atoms with E-state index in [2.05, 4.69) is 36.7 Å². The lowest BCUT2D eigenvalue weighted by atomic mass is 10.1. The highest BCUT2D eigenvalue weighted by Gasteiger charge is 2.17. The van der Waals surface area contributed by atoms with Crippen molar-refractivity contribution in [3.8, 4) is 0 Å². The van der Waals surface area contributed by atoms with Gasteiger partial charge < -0.3 is 9.88 Å². The summed E-state index contributed by atoms with van der Waals surface area (Å²) in [4.78, 5) is 12.6. The average molecular weight is 284 g/mol. The number of aromatic nitrogens is 1. The third kappa shape index (κ3) is 2.87. The molecule has 0 aliphatic carbocycles. The predicted molar refractivity (Wildman–Crippen MR) is 88.2 cm³/mol. The smallest absolute Gasteiger partial charge is 0.257 e. The number of hydrogen-bond acceptors (Lipinski definition) is 1. The minimum Gasteiger partial charge on any atom is -0.346 e. The van der Waals surface area contributed by atoms with Gasteiger partial charge in [0.25, 0.3) is 5.91 Å². The van der Waals surface area contributed by atoms with E-state index in [0.717, 1.165) is 28.2 Å². The lowest BCUT2D eigenvalue weighted by Gasteiger charge is -2.14. The van der Waals surface area contributed by atoms with Crippen LogP contribution in [0.25, 0.3) is 0 Å². The Morgan fingerprint density at radius 2 is 1.81 bits per heavy atom. The molecule has 0 aliphatic heterocycles. The van der Waals surface area contributed by atoms with Gasteiger partial charge in [-0.1, -0.05) is 12.1 Å². The number of carbonyl (C=O) groups is 1. The zero-order chi connectivity index (χ0) is 15.7. The lowest BCUT2D eigenvalue weighted by Crippen LogP contribution is -2.14. The van der Waals surface area contributed by atoms with Crippen LogP contribution >= 0.6 is 0 Å². The number of benzene rings is 1. The summed E-state index contributed by atoms with van der Waals surface area (Å²) < 4.78 is 2.19. The molecule has 0 unspecified atom stereocenters. The van der Waals surface area contributed by atoms with E-state index in [1.165, 1.54) is 5.56 Å². The molecule has 21 heavy (non-hydrogen) atoms. The van der Waals surface area contributed by atoms with Gasteiger partial charge in [-0.15, -0.1) is 0 Å². The molecular weight excluding hydrogens is 260 g/mol. The molecule has 2 rings (SSSR count). The van der Waals surface area contributed by atoms with Crippen LogP contribution in [0.5, 0.6) is 0 Å². The molecule has 1 N–H and O–H groups in total. The van der Waals surface area contributed by atoms with E-state index >= 15 is 0 Å². The minimum absolute atomic E-state index is 0.0382. The first-order valence-corrected chi connectivity index (χ1v) is 7.39. The molecule has 0 spiro atoms. The van der Waals surface area contributed by atoms with Gasteiger partial charge in [0, 0.05) is 23.1 Å². The van der Waals surface area contributed by atoms with Gasteiger partial charge in [-0.25, -0.2) is 0 Å². The summed E-state index contributed by atoms with van der Waals surface area (Å²) in [5.74, 6) is -0.0382. The molecule has 0 atom stereocenters. The topological polar surface area (TPSA) is 34.0 Å². The number of aryl methyl sites for hydroxylation is 2. The second kappa shape index (κ2) is 5.76. The SMILES string of the molecule is Cc1cccc(NC(=O)c2cc(C)n(C(C)C)c2C)c1C. The molecular formula is C18H24N2O. The summed E-state index contributed by atoms with van der Waals surface area (Å²) in [7, 11) is 0. The molecule has 112 valence electrons. The normalized spacial score (nSPS) is 11.0. The zero-order valence-corrected chi connectivity index (χ0v) is 13.7. The molecule has 0 aliphatic rings. The molecule has 1 aromatic heterocycles. The highest BCUT2D eigenvalue weighted by Crippen LogP contribution is 2.23. The van der Waals surface area contributed by atoms with E-state index in [9.17, 15) is 4.79 Å². The summed E-state index contributed by atoms with van der Waals surface area (Å²) in [6.45, 7) is 12.4. The van der Waals surface area contributed by atoms with Crippen LogP contribution in [0.3, 0.4) is 0 Å². The standard InChI is InChI=1S/C18H24N2O/c1-11(2)20-13(4)10-16(15(20)6)18(21)19-17-9-7-8-12(3)14(17)5/h7-11H,1-6H3,(H,19,21). The third-order valence-corrected chi connectivity index (χ3v) is 4.10. The van der Waals surface area contributed by atoms with Crippen LogP contribution < -0.4 is 5.32 Å². The second-order valence-electron chi connectivity index (χ2n) is 5.95. The fraction of sp³-hybridized carbons (Fsp3) is 0.389. The van der Waals surface area contributed by atoms with Crippen molar-refractivity contribution in [2.75, 3.05) is 5.32 Å². The maximum Gasteiger partial charge on any atom is 0.257 e. The number of hydrogen-bond donors (Lipinski definition) is 1. The van der Waals surface area contributed by atoms with Crippen molar-refractivity contribution >= 4 is 11.6 Å². The van der Waals surface area contributed by atoms with Gasteiger partial charge in [0.2, 0.25) is 0 Å². The quantitative estimate of drug-likeness (QED) is 0.881. The molecule has 2 aromatic rings. The molecule has 0 fully saturated rings. The molecule has 1 amide bonds. The van der Waals surface area contributed by atoms with Crippen LogP contribution in [-0.4, -0.2) is 10.5 Å². The van der Waals surface area contributed by atoms with Crippen LogP contribution in [0, 0.1) is 27.7 Å². The number of amides is 1. The molecule has 0 bridgehead atoms. The molecule has 1 heterocycles. The molecule has 0 radical (unpaired) electrons. The van der Waals surface area contributed by atoms with E-state index < -0.39 is 0 Å². The van der Waals surface area contributed by atoms with Crippen LogP contribution in [0.4, 0.5) is 5.69 Å². The van der Waals surface area contributed by atoms with Crippen LogP contribution in [-0.2, 0) is 0 Å². The van der Waals surface area contributed by atoms with Gasteiger partial charge in [-0.3, -0.25) is 4.79 Å². The lowest BCUT2D eigenvalue weighted by molar-refractivity contribution is 0.102. The maximum absolute atomic E-state index is 12.6. The highest BCUT2D eigenvalue weighted by atomic mass is 16.1. The first-order chi connectivity index (χ1) is 9.82. The summed E-state index contributed by atoms with van der Waals surface area (Å²) >= 11 is 0. The Morgan fingerprint density at radius 3 is 2.38 bits per heavy atom. The molecule has 3 heteroatoms. The molecule has 3 nitrogen and oxygen atoms in total. The molecule has 1 aromatic carbocycles. The summed E-state index contributed by atoms with van der Waals surface area (Å²) in [6, 6.07) is 8.29. The Kier molecular flexibility index (Phi) is 4.21. The van der Waals surface area contributed by atoms with Crippen molar-refractivity contribution in [2.45, 2.75) is 47.6 Å². The van der Waals surface area contributed by atoms with Crippen molar-refractivity contribution in [1.82, 2.24) is 4.57 Å². The Morgan fingerprint density at radius 1 is 1.14 bits per heavy atom. The number of nitrogens with zero attached hydrogens (tertiary/aromatic N) is 1. The van der Waals surface area contributed by atoms with Crippen molar-refractivity contribution in [1.29, 1.82) is 0 Å². The van der Waals surface area contributed by atoms with Gasteiger partial charge in [0.1, 0.15) is 0 Å². The summed E-state index contributed by atoms with van der Waals surface area (Å²) in [5.41, 5.74) is 6.07. The van der Waals surface area contributed by atoms with Gasteiger partial charge in [0.05, 0.1) is 5.56 Å². The van der Waals surface area contributed by atoms with E-state index in [0.29, 0.717) is 6.04 Å². The number of anilines is 1. The zero-order valence-electron chi connectivity index (χ0n) is 13.7. The Balaban J connectivity index is 2.33. The van der Waals surface area contributed by atoms with Crippen molar-refractivity contribution < 1.29 is 4.79 Å². The fourth-order valence-electron chi connectivity index (χ4n) is 2.88. The van der Waals surface area contributed by atoms with Gasteiger partial charge in [-0.2, -0.15) is 0 Å². The van der Waals surface area contributed by atoms with Gasteiger partial charge in [0.15, 0.2) is 0 Å². The Bertz CT molecular complexity index is 681. The summed E-state index contributed by atoms with van der Waals surface area (Å²) in [5, 5.41) is 3.04. The van der Waals surface area contributed by atoms with Gasteiger partial charge in [-0.05, 0) is 64.8 Å². The van der Waals surface area contributed by atoms with Crippen molar-refractivity contribution in [2.24, 2.45) is 0 Å². The third-order valence-electron chi connectivity index (χ3n) is 4.10. The predicted octanol–water partition coefficient (Wildman–Crippen LogP) is 4.55. The first kappa shape index (κ1) is 15.4. The summed E-state index contributed by atoms with van der Waals surface area (Å²) in [6.07, 6.45) is 0. The van der Waals surface area contributed by atoms with E-state index in [4.69, 9.17) is 0 Å².